The van der Waals surface area contributed by atoms with Crippen molar-refractivity contribution in [2.24, 2.45) is 0 Å². The Morgan fingerprint density at radius 3 is 2.27 bits per heavy atom. The van der Waals surface area contributed by atoms with Crippen molar-refractivity contribution in [1.82, 2.24) is 15.0 Å². The highest BCUT2D eigenvalue weighted by Crippen LogP contribution is 2.41. The zero-order chi connectivity index (χ0) is 31.6. The summed E-state index contributed by atoms with van der Waals surface area (Å²) in [5.41, 5.74) is 5.90. The number of hydrogen-bond acceptors (Lipinski definition) is 5. The third-order valence-corrected chi connectivity index (χ3v) is 10.7. The first-order valence-corrected chi connectivity index (χ1v) is 17.0. The molecule has 0 radical (unpaired) electrons. The van der Waals surface area contributed by atoms with Crippen LogP contribution in [0.3, 0.4) is 0 Å². The number of aromatic nitrogens is 3. The van der Waals surface area contributed by atoms with Crippen LogP contribution in [0.15, 0.2) is 150 Å². The first kappa shape index (κ1) is 27.2. The van der Waals surface area contributed by atoms with Crippen LogP contribution in [0, 0.1) is 0 Å². The van der Waals surface area contributed by atoms with E-state index in [2.05, 4.69) is 133 Å². The maximum Gasteiger partial charge on any atom is 0.165 e. The summed E-state index contributed by atoms with van der Waals surface area (Å²) in [6.07, 6.45) is 9.38. The molecule has 1 unspecified atom stereocenters. The second-order valence-electron chi connectivity index (χ2n) is 12.3. The van der Waals surface area contributed by atoms with Crippen molar-refractivity contribution < 1.29 is 4.42 Å². The molecule has 10 rings (SSSR count). The van der Waals surface area contributed by atoms with E-state index >= 15 is 0 Å². The summed E-state index contributed by atoms with van der Waals surface area (Å²) >= 11 is 1.79. The number of benzene rings is 6. The lowest BCUT2D eigenvalue weighted by Gasteiger charge is -2.15. The van der Waals surface area contributed by atoms with E-state index in [0.717, 1.165) is 56.4 Å². The first-order valence-electron chi connectivity index (χ1n) is 16.2. The average Bonchev–Trinajstić information content (AvgIpc) is 3.73. The molecule has 3 heterocycles. The largest absolute Gasteiger partial charge is 0.456 e. The predicted molar refractivity (Wildman–Crippen MR) is 199 cm³/mol. The van der Waals surface area contributed by atoms with Crippen LogP contribution in [0.1, 0.15) is 18.2 Å². The van der Waals surface area contributed by atoms with Crippen LogP contribution in [0.4, 0.5) is 0 Å². The molecule has 0 saturated carbocycles. The third kappa shape index (κ3) is 4.39. The summed E-state index contributed by atoms with van der Waals surface area (Å²) < 4.78 is 8.97. The lowest BCUT2D eigenvalue weighted by Crippen LogP contribution is -2.08. The first-order chi connectivity index (χ1) is 23.8. The van der Waals surface area contributed by atoms with Gasteiger partial charge < -0.3 is 4.42 Å². The summed E-state index contributed by atoms with van der Waals surface area (Å²) in [5.74, 6) is 2.19. The molecule has 6 aromatic carbocycles. The Balaban J connectivity index is 1.16. The van der Waals surface area contributed by atoms with Crippen molar-refractivity contribution in [3.63, 3.8) is 0 Å². The second kappa shape index (κ2) is 10.8. The quantitative estimate of drug-likeness (QED) is 0.193. The zero-order valence-electron chi connectivity index (χ0n) is 25.8. The Bertz CT molecular complexity index is 2790. The van der Waals surface area contributed by atoms with Gasteiger partial charge >= 0.3 is 0 Å². The molecule has 1 aliphatic carbocycles. The van der Waals surface area contributed by atoms with Crippen LogP contribution < -0.4 is 0 Å². The van der Waals surface area contributed by atoms with Gasteiger partial charge in [-0.15, -0.1) is 11.3 Å². The van der Waals surface area contributed by atoms with E-state index in [1.807, 2.05) is 12.1 Å². The minimum Gasteiger partial charge on any atom is -0.456 e. The standard InChI is InChI=1S/C43H27N3OS/c1-2-11-27(12-3-1)41-44-42(46-43(45-41)35-17-8-15-32-31-14-6-7-19-38(31)48-40(32)35)34-16-9-18-36-39(34)33-23-22-30(25-37(33)47-36)29-21-20-26-10-4-5-13-28(26)24-29/h1-11,13-25,27H,12H2. The van der Waals surface area contributed by atoms with E-state index in [0.29, 0.717) is 11.6 Å². The Hall–Kier alpha value is -5.91. The van der Waals surface area contributed by atoms with Gasteiger partial charge in [-0.05, 0) is 64.7 Å². The van der Waals surface area contributed by atoms with E-state index in [-0.39, 0.29) is 5.92 Å². The molecule has 0 fully saturated rings. The number of thiophene rings is 1. The smallest absolute Gasteiger partial charge is 0.165 e. The Labute approximate surface area is 280 Å². The van der Waals surface area contributed by atoms with Gasteiger partial charge in [-0.25, -0.2) is 15.0 Å². The van der Waals surface area contributed by atoms with Crippen molar-refractivity contribution in [2.45, 2.75) is 12.3 Å². The maximum atomic E-state index is 6.53. The Morgan fingerprint density at radius 1 is 0.583 bits per heavy atom. The molecule has 0 spiro atoms. The summed E-state index contributed by atoms with van der Waals surface area (Å²) in [6, 6.07) is 42.7. The summed E-state index contributed by atoms with van der Waals surface area (Å²) in [4.78, 5) is 15.5. The lowest BCUT2D eigenvalue weighted by molar-refractivity contribution is 0.669. The van der Waals surface area contributed by atoms with Gasteiger partial charge in [-0.3, -0.25) is 0 Å². The van der Waals surface area contributed by atoms with E-state index in [1.54, 1.807) is 11.3 Å². The zero-order valence-corrected chi connectivity index (χ0v) is 26.6. The van der Waals surface area contributed by atoms with E-state index < -0.39 is 0 Å². The van der Waals surface area contributed by atoms with Crippen molar-refractivity contribution in [3.05, 3.63) is 151 Å². The molecule has 1 atom stereocenters. The van der Waals surface area contributed by atoms with Crippen molar-refractivity contribution >= 4 is 64.2 Å². The normalized spacial score (nSPS) is 14.6. The maximum absolute atomic E-state index is 6.53. The number of fused-ring (bicyclic) bond motifs is 7. The van der Waals surface area contributed by atoms with Crippen LogP contribution in [-0.4, -0.2) is 15.0 Å². The number of allylic oxidation sites excluding steroid dienone is 4. The van der Waals surface area contributed by atoms with Gasteiger partial charge in [0.1, 0.15) is 17.0 Å². The lowest BCUT2D eigenvalue weighted by atomic mass is 9.98. The Morgan fingerprint density at radius 2 is 1.35 bits per heavy atom. The van der Waals surface area contributed by atoms with Gasteiger partial charge in [0.05, 0.1) is 0 Å². The molecule has 3 aromatic heterocycles. The highest BCUT2D eigenvalue weighted by molar-refractivity contribution is 7.26. The highest BCUT2D eigenvalue weighted by Gasteiger charge is 2.22. The van der Waals surface area contributed by atoms with Gasteiger partial charge in [-0.2, -0.15) is 0 Å². The Kier molecular flexibility index (Phi) is 6.14. The molecule has 48 heavy (non-hydrogen) atoms. The fraction of sp³-hybridized carbons (Fsp3) is 0.0465. The number of hydrogen-bond donors (Lipinski definition) is 0. The number of nitrogens with zero attached hydrogens (tertiary/aromatic N) is 3. The van der Waals surface area contributed by atoms with Crippen molar-refractivity contribution in [3.8, 4) is 33.9 Å². The van der Waals surface area contributed by atoms with Gasteiger partial charge in [0.15, 0.2) is 11.6 Å². The molecule has 9 aromatic rings. The summed E-state index contributed by atoms with van der Waals surface area (Å²) in [7, 11) is 0. The van der Waals surface area contributed by atoms with Crippen molar-refractivity contribution in [1.29, 1.82) is 0 Å². The van der Waals surface area contributed by atoms with Gasteiger partial charge in [-0.1, -0.05) is 109 Å². The molecule has 0 bridgehead atoms. The molecule has 226 valence electrons. The van der Waals surface area contributed by atoms with Gasteiger partial charge in [0.2, 0.25) is 0 Å². The van der Waals surface area contributed by atoms with Gasteiger partial charge in [0, 0.05) is 48.0 Å². The van der Waals surface area contributed by atoms with Crippen LogP contribution in [0.25, 0.3) is 86.8 Å². The van der Waals surface area contributed by atoms with E-state index in [1.165, 1.54) is 30.9 Å². The fourth-order valence-electron chi connectivity index (χ4n) is 7.05. The van der Waals surface area contributed by atoms with Crippen molar-refractivity contribution in [2.75, 3.05) is 0 Å². The summed E-state index contributed by atoms with van der Waals surface area (Å²) in [5, 5.41) is 6.99. The molecule has 0 amide bonds. The highest BCUT2D eigenvalue weighted by atomic mass is 32.1. The van der Waals surface area contributed by atoms with E-state index in [4.69, 9.17) is 19.4 Å². The minimum absolute atomic E-state index is 0.0712. The monoisotopic (exact) mass is 633 g/mol. The topological polar surface area (TPSA) is 51.8 Å². The van der Waals surface area contributed by atoms with Crippen LogP contribution in [-0.2, 0) is 0 Å². The molecule has 0 N–H and O–H groups in total. The third-order valence-electron chi connectivity index (χ3n) is 9.43. The molecule has 5 heteroatoms. The second-order valence-corrected chi connectivity index (χ2v) is 13.4. The summed E-state index contributed by atoms with van der Waals surface area (Å²) in [6.45, 7) is 0. The van der Waals surface area contributed by atoms with E-state index in [9.17, 15) is 0 Å². The SMILES string of the molecule is C1=CCC(c2nc(-c3cccc4c3sc3ccccc34)nc(-c3cccc4oc5cc(-c6ccc7ccccc7c6)ccc5c34)n2)C=C1. The molecule has 4 nitrogen and oxygen atoms in total. The number of furan rings is 1. The fourth-order valence-corrected chi connectivity index (χ4v) is 8.27. The average molecular weight is 634 g/mol. The predicted octanol–water partition coefficient (Wildman–Crippen LogP) is 11.9. The molecule has 0 aliphatic heterocycles. The number of rotatable bonds is 4. The van der Waals surface area contributed by atoms with Gasteiger partial charge in [0.25, 0.3) is 0 Å². The van der Waals surface area contributed by atoms with Crippen LogP contribution >= 0.6 is 11.3 Å². The molecule has 1 aliphatic rings. The minimum atomic E-state index is 0.0712. The molecule has 0 saturated heterocycles. The van der Waals surface area contributed by atoms with Crippen LogP contribution in [0.5, 0.6) is 0 Å². The molecular weight excluding hydrogens is 607 g/mol. The molecular formula is C43H27N3OS. The van der Waals surface area contributed by atoms with Crippen LogP contribution in [0.2, 0.25) is 0 Å².